The predicted octanol–water partition coefficient (Wildman–Crippen LogP) is 5.93. The first-order valence-electron chi connectivity index (χ1n) is 7.34. The fourth-order valence-electron chi connectivity index (χ4n) is 2.36. The van der Waals surface area contributed by atoms with Crippen LogP contribution in [0, 0.1) is 15.9 Å². The van der Waals surface area contributed by atoms with Crippen molar-refractivity contribution < 1.29 is 32.4 Å². The highest BCUT2D eigenvalue weighted by molar-refractivity contribution is 6.35. The molecule has 148 valence electrons. The fourth-order valence-corrected chi connectivity index (χ4v) is 2.85. The number of nitro benzene ring substituents is 1. The highest BCUT2D eigenvalue weighted by Gasteiger charge is 2.35. The first-order valence-corrected chi connectivity index (χ1v) is 8.10. The number of allylic oxidation sites excluding steroid dienone is 2. The monoisotopic (exact) mass is 437 g/mol. The largest absolute Gasteiger partial charge is 0.477 e. The molecule has 11 heteroatoms. The Morgan fingerprint density at radius 1 is 1.18 bits per heavy atom. The van der Waals surface area contributed by atoms with Crippen molar-refractivity contribution in [3.8, 4) is 0 Å². The number of alkyl halides is 3. The molecular weight excluding hydrogens is 429 g/mol. The van der Waals surface area contributed by atoms with Gasteiger partial charge in [-0.25, -0.2) is 9.18 Å². The Balaban J connectivity index is 2.49. The molecule has 0 spiro atoms. The van der Waals surface area contributed by atoms with Crippen LogP contribution in [0.2, 0.25) is 10.0 Å². The van der Waals surface area contributed by atoms with E-state index in [2.05, 4.69) is 0 Å². The third-order valence-electron chi connectivity index (χ3n) is 3.63. The number of carboxylic acid groups (broad SMARTS) is 1. The van der Waals surface area contributed by atoms with Crippen LogP contribution in [0.4, 0.5) is 23.2 Å². The molecule has 0 aliphatic heterocycles. The lowest BCUT2D eigenvalue weighted by Gasteiger charge is -2.13. The fraction of sp³-hybridized carbons (Fsp3) is 0.118. The lowest BCUT2D eigenvalue weighted by Crippen LogP contribution is -2.11. The second-order valence-corrected chi connectivity index (χ2v) is 6.30. The molecule has 0 saturated heterocycles. The van der Waals surface area contributed by atoms with Crippen molar-refractivity contribution in [2.75, 3.05) is 0 Å². The number of hydrogen-bond acceptors (Lipinski definition) is 3. The van der Waals surface area contributed by atoms with Crippen molar-refractivity contribution in [1.29, 1.82) is 0 Å². The van der Waals surface area contributed by atoms with Gasteiger partial charge in [0.15, 0.2) is 5.82 Å². The van der Waals surface area contributed by atoms with E-state index in [1.807, 2.05) is 0 Å². The average molecular weight is 438 g/mol. The summed E-state index contributed by atoms with van der Waals surface area (Å²) in [4.78, 5) is 21.0. The van der Waals surface area contributed by atoms with Crippen LogP contribution >= 0.6 is 23.2 Å². The van der Waals surface area contributed by atoms with Crippen molar-refractivity contribution in [2.45, 2.75) is 12.6 Å². The highest BCUT2D eigenvalue weighted by atomic mass is 35.5. The van der Waals surface area contributed by atoms with Gasteiger partial charge in [0, 0.05) is 6.07 Å². The molecule has 0 amide bonds. The van der Waals surface area contributed by atoms with Crippen molar-refractivity contribution >= 4 is 40.4 Å². The third-order valence-corrected chi connectivity index (χ3v) is 4.18. The standard InChI is InChI=1S/C17H9Cl2F4NO4/c18-12-6-9(7-13(19)15(12)20)11(17(21,22)23)4-2-8-1-3-10(16(25)26)14(5-8)24(27)28/h1,3-7H,2H2,(H,25,26). The Labute approximate surface area is 165 Å². The van der Waals surface area contributed by atoms with E-state index in [0.29, 0.717) is 0 Å². The number of nitrogens with zero attached hydrogens (tertiary/aromatic N) is 1. The van der Waals surface area contributed by atoms with Crippen LogP contribution in [0.5, 0.6) is 0 Å². The zero-order valence-corrected chi connectivity index (χ0v) is 15.1. The minimum absolute atomic E-state index is 0.0674. The SMILES string of the molecule is O=C(O)c1ccc(CC=C(c2cc(Cl)c(F)c(Cl)c2)C(F)(F)F)cc1[N+](=O)[O-]. The lowest BCUT2D eigenvalue weighted by atomic mass is 10.0. The summed E-state index contributed by atoms with van der Waals surface area (Å²) in [6, 6.07) is 4.49. The molecule has 1 N–H and O–H groups in total. The van der Waals surface area contributed by atoms with E-state index in [4.69, 9.17) is 28.3 Å². The van der Waals surface area contributed by atoms with Crippen LogP contribution in [-0.4, -0.2) is 22.2 Å². The number of hydrogen-bond donors (Lipinski definition) is 1. The Morgan fingerprint density at radius 3 is 2.21 bits per heavy atom. The molecule has 2 rings (SSSR count). The molecule has 2 aromatic carbocycles. The first kappa shape index (κ1) is 21.6. The molecule has 0 radical (unpaired) electrons. The van der Waals surface area contributed by atoms with Gasteiger partial charge in [-0.05, 0) is 35.7 Å². The van der Waals surface area contributed by atoms with Gasteiger partial charge in [-0.3, -0.25) is 10.1 Å². The van der Waals surface area contributed by atoms with Gasteiger partial charge in [-0.2, -0.15) is 13.2 Å². The Morgan fingerprint density at radius 2 is 1.75 bits per heavy atom. The van der Waals surface area contributed by atoms with Crippen LogP contribution in [0.25, 0.3) is 5.57 Å². The Kier molecular flexibility index (Phi) is 6.30. The molecule has 5 nitrogen and oxygen atoms in total. The maximum atomic E-state index is 13.5. The summed E-state index contributed by atoms with van der Waals surface area (Å²) in [6.45, 7) is 0. The molecule has 0 saturated carbocycles. The molecule has 0 bridgehead atoms. The van der Waals surface area contributed by atoms with Crippen molar-refractivity contribution in [2.24, 2.45) is 0 Å². The molecular formula is C17H9Cl2F4NO4. The number of benzene rings is 2. The van der Waals surface area contributed by atoms with Gasteiger partial charge >= 0.3 is 12.1 Å². The van der Waals surface area contributed by atoms with Crippen LogP contribution in [0.15, 0.2) is 36.4 Å². The van der Waals surface area contributed by atoms with Crippen molar-refractivity contribution in [3.05, 3.63) is 79.1 Å². The second kappa shape index (κ2) is 8.15. The van der Waals surface area contributed by atoms with Crippen molar-refractivity contribution in [1.82, 2.24) is 0 Å². The maximum Gasteiger partial charge on any atom is 0.416 e. The summed E-state index contributed by atoms with van der Waals surface area (Å²) < 4.78 is 53.7. The van der Waals surface area contributed by atoms with E-state index >= 15 is 0 Å². The third kappa shape index (κ3) is 4.79. The molecule has 0 unspecified atom stereocenters. The minimum Gasteiger partial charge on any atom is -0.477 e. The summed E-state index contributed by atoms with van der Waals surface area (Å²) in [5.74, 6) is -2.60. The van der Waals surface area contributed by atoms with E-state index < -0.39 is 61.7 Å². The molecule has 0 heterocycles. The molecule has 0 atom stereocenters. The predicted molar refractivity (Wildman–Crippen MR) is 94.2 cm³/mol. The van der Waals surface area contributed by atoms with Crippen LogP contribution < -0.4 is 0 Å². The summed E-state index contributed by atoms with van der Waals surface area (Å²) in [5.41, 5.74) is -2.94. The molecule has 0 fully saturated rings. The number of carbonyl (C=O) groups is 1. The normalized spacial score (nSPS) is 12.1. The van der Waals surface area contributed by atoms with Crippen molar-refractivity contribution in [3.63, 3.8) is 0 Å². The molecule has 0 aromatic heterocycles. The van der Waals surface area contributed by atoms with Gasteiger partial charge in [0.1, 0.15) is 5.56 Å². The zero-order chi connectivity index (χ0) is 21.2. The number of carboxylic acids is 1. The summed E-state index contributed by atoms with van der Waals surface area (Å²) >= 11 is 11.1. The quantitative estimate of drug-likeness (QED) is 0.272. The summed E-state index contributed by atoms with van der Waals surface area (Å²) in [6.07, 6.45) is -4.54. The van der Waals surface area contributed by atoms with E-state index in [1.54, 1.807) is 0 Å². The van der Waals surface area contributed by atoms with Crippen LogP contribution in [-0.2, 0) is 6.42 Å². The van der Waals surface area contributed by atoms with E-state index in [9.17, 15) is 32.5 Å². The highest BCUT2D eigenvalue weighted by Crippen LogP contribution is 2.37. The number of rotatable bonds is 5. The van der Waals surface area contributed by atoms with Gasteiger partial charge in [-0.15, -0.1) is 0 Å². The Hall–Kier alpha value is -2.65. The molecule has 0 aliphatic rings. The van der Waals surface area contributed by atoms with E-state index in [0.717, 1.165) is 36.4 Å². The maximum absolute atomic E-state index is 13.5. The number of nitro groups is 1. The second-order valence-electron chi connectivity index (χ2n) is 5.49. The van der Waals surface area contributed by atoms with Crippen LogP contribution in [0.3, 0.4) is 0 Å². The first-order chi connectivity index (χ1) is 12.9. The molecule has 2 aromatic rings. The van der Waals surface area contributed by atoms with Crippen LogP contribution in [0.1, 0.15) is 21.5 Å². The number of aromatic carboxylic acids is 1. The topological polar surface area (TPSA) is 80.4 Å². The van der Waals surface area contributed by atoms with Gasteiger partial charge in [0.05, 0.1) is 20.5 Å². The minimum atomic E-state index is -4.85. The smallest absolute Gasteiger partial charge is 0.416 e. The van der Waals surface area contributed by atoms with Gasteiger partial charge < -0.3 is 5.11 Å². The van der Waals surface area contributed by atoms with Gasteiger partial charge in [0.2, 0.25) is 0 Å². The van der Waals surface area contributed by atoms with E-state index in [1.165, 1.54) is 0 Å². The lowest BCUT2D eigenvalue weighted by molar-refractivity contribution is -0.385. The number of halogens is 6. The Bertz CT molecular complexity index is 967. The average Bonchev–Trinajstić information content (AvgIpc) is 2.58. The van der Waals surface area contributed by atoms with Gasteiger partial charge in [0.25, 0.3) is 5.69 Å². The molecule has 0 aliphatic carbocycles. The zero-order valence-electron chi connectivity index (χ0n) is 13.6. The summed E-state index contributed by atoms with van der Waals surface area (Å²) in [7, 11) is 0. The van der Waals surface area contributed by atoms with Gasteiger partial charge in [-0.1, -0.05) is 35.3 Å². The van der Waals surface area contributed by atoms with E-state index in [-0.39, 0.29) is 5.56 Å². The molecule has 28 heavy (non-hydrogen) atoms. The summed E-state index contributed by atoms with van der Waals surface area (Å²) in [5, 5.41) is 18.7.